The Labute approximate surface area is 184 Å². The maximum absolute atomic E-state index is 13.1. The molecule has 0 aromatic heterocycles. The summed E-state index contributed by atoms with van der Waals surface area (Å²) in [6.07, 6.45) is 3.70. The molecule has 30 heavy (non-hydrogen) atoms. The van der Waals surface area contributed by atoms with Gasteiger partial charge in [-0.2, -0.15) is 0 Å². The zero-order chi connectivity index (χ0) is 21.4. The summed E-state index contributed by atoms with van der Waals surface area (Å²) in [5, 5.41) is 11.7. The van der Waals surface area contributed by atoms with Gasteiger partial charge in [0, 0.05) is 11.6 Å². The Bertz CT molecular complexity index is 1030. The predicted octanol–water partition coefficient (Wildman–Crippen LogP) is 5.37. The largest absolute Gasteiger partial charge is 0.507 e. The molecule has 1 N–H and O–H groups in total. The van der Waals surface area contributed by atoms with Crippen LogP contribution in [0.3, 0.4) is 0 Å². The zero-order valence-corrected chi connectivity index (χ0v) is 17.9. The number of ether oxygens (including phenoxy) is 1. The number of aliphatic hydroxyl groups excluding tert-OH is 1. The number of likely N-dealkylation sites (tertiary alicyclic amines) is 1. The molecule has 2 aromatic rings. The first-order valence-corrected chi connectivity index (χ1v) is 10.6. The van der Waals surface area contributed by atoms with E-state index in [2.05, 4.69) is 0 Å². The summed E-state index contributed by atoms with van der Waals surface area (Å²) in [6.45, 7) is 0. The molecule has 2 aliphatic rings. The van der Waals surface area contributed by atoms with Gasteiger partial charge in [-0.3, -0.25) is 9.59 Å². The van der Waals surface area contributed by atoms with E-state index in [0.29, 0.717) is 16.3 Å². The van der Waals surface area contributed by atoms with E-state index in [0.717, 1.165) is 31.2 Å². The Morgan fingerprint density at radius 2 is 1.70 bits per heavy atom. The molecule has 1 amide bonds. The Hall–Kier alpha value is -2.50. The molecular formula is C23H21Cl2NO4. The number of amides is 1. The summed E-state index contributed by atoms with van der Waals surface area (Å²) in [4.78, 5) is 27.7. The highest BCUT2D eigenvalue weighted by atomic mass is 35.5. The SMILES string of the molecule is COc1ccc(C2/C(=C(/O)c3ccc(Cl)c(Cl)c3)C(=O)C(=O)N2C2CCCC2)cc1. The van der Waals surface area contributed by atoms with Gasteiger partial charge in [-0.1, -0.05) is 48.2 Å². The molecule has 1 aliphatic heterocycles. The summed E-state index contributed by atoms with van der Waals surface area (Å²) in [7, 11) is 1.57. The number of carbonyl (C=O) groups excluding carboxylic acids is 2. The highest BCUT2D eigenvalue weighted by Crippen LogP contribution is 2.44. The number of halogens is 2. The number of nitrogens with zero attached hydrogens (tertiary/aromatic N) is 1. The van der Waals surface area contributed by atoms with Crippen LogP contribution in [0.1, 0.15) is 42.9 Å². The number of rotatable bonds is 4. The molecule has 1 saturated carbocycles. The van der Waals surface area contributed by atoms with Crippen molar-refractivity contribution >= 4 is 40.7 Å². The van der Waals surface area contributed by atoms with Gasteiger partial charge in [0.15, 0.2) is 0 Å². The molecular weight excluding hydrogens is 425 g/mol. The molecule has 2 fully saturated rings. The Balaban J connectivity index is 1.87. The fourth-order valence-electron chi connectivity index (χ4n) is 4.32. The van der Waals surface area contributed by atoms with Crippen molar-refractivity contribution in [3.8, 4) is 5.75 Å². The topological polar surface area (TPSA) is 66.8 Å². The Kier molecular flexibility index (Phi) is 5.76. The first kappa shape index (κ1) is 20.8. The van der Waals surface area contributed by atoms with Crippen LogP contribution in [0.2, 0.25) is 10.0 Å². The van der Waals surface area contributed by atoms with E-state index in [1.54, 1.807) is 36.3 Å². The lowest BCUT2D eigenvalue weighted by Crippen LogP contribution is -2.37. The van der Waals surface area contributed by atoms with Crippen molar-refractivity contribution in [2.24, 2.45) is 0 Å². The van der Waals surface area contributed by atoms with E-state index in [1.807, 2.05) is 12.1 Å². The van der Waals surface area contributed by atoms with Gasteiger partial charge in [0.1, 0.15) is 11.5 Å². The van der Waals surface area contributed by atoms with E-state index in [-0.39, 0.29) is 22.4 Å². The van der Waals surface area contributed by atoms with E-state index in [9.17, 15) is 14.7 Å². The third-order valence-electron chi connectivity index (χ3n) is 5.82. The average Bonchev–Trinajstić information content (AvgIpc) is 3.36. The summed E-state index contributed by atoms with van der Waals surface area (Å²) >= 11 is 12.1. The smallest absolute Gasteiger partial charge is 0.295 e. The molecule has 1 saturated heterocycles. The fraction of sp³-hybridized carbons (Fsp3) is 0.304. The van der Waals surface area contributed by atoms with Gasteiger partial charge in [0.05, 0.1) is 28.8 Å². The van der Waals surface area contributed by atoms with Crippen molar-refractivity contribution in [2.45, 2.75) is 37.8 Å². The van der Waals surface area contributed by atoms with Crippen LogP contribution in [-0.2, 0) is 9.59 Å². The van der Waals surface area contributed by atoms with Gasteiger partial charge in [-0.15, -0.1) is 0 Å². The minimum Gasteiger partial charge on any atom is -0.507 e. The zero-order valence-electron chi connectivity index (χ0n) is 16.4. The minimum absolute atomic E-state index is 0.0346. The van der Waals surface area contributed by atoms with Gasteiger partial charge in [-0.05, 0) is 48.7 Å². The second-order valence-corrected chi connectivity index (χ2v) is 8.36. The first-order valence-electron chi connectivity index (χ1n) is 9.82. The van der Waals surface area contributed by atoms with Crippen LogP contribution in [0.4, 0.5) is 0 Å². The number of hydrogen-bond acceptors (Lipinski definition) is 4. The van der Waals surface area contributed by atoms with Crippen molar-refractivity contribution in [3.63, 3.8) is 0 Å². The quantitative estimate of drug-likeness (QED) is 0.390. The van der Waals surface area contributed by atoms with Gasteiger partial charge in [0.2, 0.25) is 0 Å². The number of carbonyl (C=O) groups is 2. The molecule has 0 bridgehead atoms. The van der Waals surface area contributed by atoms with Crippen LogP contribution < -0.4 is 4.74 Å². The highest BCUT2D eigenvalue weighted by Gasteiger charge is 2.49. The summed E-state index contributed by atoms with van der Waals surface area (Å²) in [5.74, 6) is -0.857. The number of ketones is 1. The molecule has 5 nitrogen and oxygen atoms in total. The van der Waals surface area contributed by atoms with E-state index in [1.165, 1.54) is 6.07 Å². The fourth-order valence-corrected chi connectivity index (χ4v) is 4.62. The van der Waals surface area contributed by atoms with Gasteiger partial charge < -0.3 is 14.7 Å². The molecule has 156 valence electrons. The molecule has 1 heterocycles. The van der Waals surface area contributed by atoms with Crippen molar-refractivity contribution in [2.75, 3.05) is 7.11 Å². The van der Waals surface area contributed by atoms with Crippen LogP contribution in [0, 0.1) is 0 Å². The van der Waals surface area contributed by atoms with Crippen molar-refractivity contribution in [3.05, 3.63) is 69.2 Å². The molecule has 0 radical (unpaired) electrons. The lowest BCUT2D eigenvalue weighted by Gasteiger charge is -2.30. The summed E-state index contributed by atoms with van der Waals surface area (Å²) in [6, 6.07) is 11.1. The average molecular weight is 446 g/mol. The van der Waals surface area contributed by atoms with Gasteiger partial charge in [-0.25, -0.2) is 0 Å². The van der Waals surface area contributed by atoms with Crippen molar-refractivity contribution < 1.29 is 19.4 Å². The standard InChI is InChI=1S/C23H21Cl2NO4/c1-30-16-9-6-13(7-10-16)20-19(21(27)14-8-11-17(24)18(25)12-14)22(28)23(29)26(20)15-4-2-3-5-15/h6-12,15,20,27H,2-5H2,1H3/b21-19-. The predicted molar refractivity (Wildman–Crippen MR) is 116 cm³/mol. The lowest BCUT2D eigenvalue weighted by molar-refractivity contribution is -0.141. The summed E-state index contributed by atoms with van der Waals surface area (Å²) < 4.78 is 5.23. The number of methoxy groups -OCH3 is 1. The molecule has 1 unspecified atom stereocenters. The van der Waals surface area contributed by atoms with Crippen LogP contribution in [0.5, 0.6) is 5.75 Å². The Morgan fingerprint density at radius 1 is 1.03 bits per heavy atom. The lowest BCUT2D eigenvalue weighted by atomic mass is 9.94. The van der Waals surface area contributed by atoms with Gasteiger partial charge >= 0.3 is 0 Å². The van der Waals surface area contributed by atoms with Crippen molar-refractivity contribution in [1.29, 1.82) is 0 Å². The molecule has 1 aliphatic carbocycles. The number of benzene rings is 2. The second kappa shape index (κ2) is 8.32. The third-order valence-corrected chi connectivity index (χ3v) is 6.56. The van der Waals surface area contributed by atoms with Crippen LogP contribution in [-0.4, -0.2) is 34.8 Å². The van der Waals surface area contributed by atoms with Gasteiger partial charge in [0.25, 0.3) is 11.7 Å². The second-order valence-electron chi connectivity index (χ2n) is 7.55. The monoisotopic (exact) mass is 445 g/mol. The molecule has 2 aromatic carbocycles. The van der Waals surface area contributed by atoms with Crippen molar-refractivity contribution in [1.82, 2.24) is 4.90 Å². The normalized spacial score (nSPS) is 21.4. The van der Waals surface area contributed by atoms with Crippen LogP contribution >= 0.6 is 23.2 Å². The maximum Gasteiger partial charge on any atom is 0.295 e. The molecule has 7 heteroatoms. The van der Waals surface area contributed by atoms with E-state index in [4.69, 9.17) is 27.9 Å². The van der Waals surface area contributed by atoms with E-state index >= 15 is 0 Å². The maximum atomic E-state index is 13.1. The molecule has 4 rings (SSSR count). The summed E-state index contributed by atoms with van der Waals surface area (Å²) in [5.41, 5.74) is 1.14. The Morgan fingerprint density at radius 3 is 2.30 bits per heavy atom. The molecule has 0 spiro atoms. The number of aliphatic hydroxyl groups is 1. The van der Waals surface area contributed by atoms with E-state index < -0.39 is 17.7 Å². The van der Waals surface area contributed by atoms with Crippen LogP contribution in [0.25, 0.3) is 5.76 Å². The third kappa shape index (κ3) is 3.57. The first-order chi connectivity index (χ1) is 14.4. The number of Topliss-reactive ketones (excluding diaryl/α,β-unsaturated/α-hetero) is 1. The highest BCUT2D eigenvalue weighted by molar-refractivity contribution is 6.47. The number of hydrogen-bond donors (Lipinski definition) is 1. The van der Waals surface area contributed by atoms with Crippen LogP contribution in [0.15, 0.2) is 48.0 Å². The minimum atomic E-state index is -0.689. The molecule has 1 atom stereocenters.